The molecular formula is C15H16FNO2. The zero-order valence-electron chi connectivity index (χ0n) is 10.7. The predicted molar refractivity (Wildman–Crippen MR) is 66.7 cm³/mol. The number of hydrogen-bond donors (Lipinski definition) is 1. The maximum Gasteiger partial charge on any atom is 0.126 e. The van der Waals surface area contributed by atoms with Gasteiger partial charge in [0.05, 0.1) is 12.7 Å². The van der Waals surface area contributed by atoms with Gasteiger partial charge in [-0.2, -0.15) is 5.26 Å². The van der Waals surface area contributed by atoms with Crippen molar-refractivity contribution in [3.63, 3.8) is 0 Å². The minimum Gasteiger partial charge on any atom is -0.383 e. The van der Waals surface area contributed by atoms with E-state index in [-0.39, 0.29) is 12.4 Å². The van der Waals surface area contributed by atoms with E-state index in [0.717, 1.165) is 6.42 Å². The molecule has 1 heterocycles. The van der Waals surface area contributed by atoms with Crippen LogP contribution < -0.4 is 0 Å². The molecule has 1 aromatic carbocycles. The van der Waals surface area contributed by atoms with E-state index in [4.69, 9.17) is 4.74 Å². The van der Waals surface area contributed by atoms with E-state index in [0.29, 0.717) is 37.0 Å². The Labute approximate surface area is 111 Å². The van der Waals surface area contributed by atoms with Gasteiger partial charge in [0, 0.05) is 6.61 Å². The molecule has 1 aromatic rings. The lowest BCUT2D eigenvalue weighted by Crippen LogP contribution is -2.48. The third-order valence-corrected chi connectivity index (χ3v) is 4.55. The molecule has 1 fully saturated rings. The van der Waals surface area contributed by atoms with Crippen molar-refractivity contribution in [3.8, 4) is 6.07 Å². The molecule has 0 saturated carbocycles. The van der Waals surface area contributed by atoms with Crippen LogP contribution in [0.1, 0.15) is 30.4 Å². The summed E-state index contributed by atoms with van der Waals surface area (Å²) in [5, 5.41) is 20.7. The fraction of sp³-hybridized carbons (Fsp3) is 0.533. The van der Waals surface area contributed by atoms with Crippen molar-refractivity contribution in [2.75, 3.05) is 13.2 Å². The first-order valence-corrected chi connectivity index (χ1v) is 6.62. The standard InChI is InChI=1S/C15H16FNO2/c16-13-4-1-3-12-11(13)5-7-15(12,18)14(9-17)6-2-8-19-10-14/h1,3-4,18H,2,5-8,10H2. The lowest BCUT2D eigenvalue weighted by Gasteiger charge is -2.43. The van der Waals surface area contributed by atoms with E-state index in [2.05, 4.69) is 6.07 Å². The van der Waals surface area contributed by atoms with Crippen molar-refractivity contribution < 1.29 is 14.2 Å². The van der Waals surface area contributed by atoms with Crippen LogP contribution in [-0.4, -0.2) is 18.3 Å². The Hall–Kier alpha value is -1.44. The summed E-state index contributed by atoms with van der Waals surface area (Å²) in [6.07, 6.45) is 2.21. The van der Waals surface area contributed by atoms with Crippen molar-refractivity contribution >= 4 is 0 Å². The molecule has 1 N–H and O–H groups in total. The zero-order chi connectivity index (χ0) is 13.5. The van der Waals surface area contributed by atoms with Crippen LogP contribution in [0.2, 0.25) is 0 Å². The molecule has 4 heteroatoms. The fourth-order valence-corrected chi connectivity index (χ4v) is 3.44. The van der Waals surface area contributed by atoms with Crippen LogP contribution in [0.25, 0.3) is 0 Å². The second kappa shape index (κ2) is 4.29. The number of ether oxygens (including phenoxy) is 1. The molecule has 3 nitrogen and oxygen atoms in total. The van der Waals surface area contributed by atoms with Crippen LogP contribution in [0.5, 0.6) is 0 Å². The number of fused-ring (bicyclic) bond motifs is 1. The monoisotopic (exact) mass is 261 g/mol. The summed E-state index contributed by atoms with van der Waals surface area (Å²) < 4.78 is 19.2. The molecule has 2 aliphatic rings. The summed E-state index contributed by atoms with van der Waals surface area (Å²) in [6.45, 7) is 0.839. The molecule has 3 rings (SSSR count). The predicted octanol–water partition coefficient (Wildman–Crippen LogP) is 2.28. The summed E-state index contributed by atoms with van der Waals surface area (Å²) in [7, 11) is 0. The number of nitriles is 1. The Morgan fingerprint density at radius 1 is 1.37 bits per heavy atom. The van der Waals surface area contributed by atoms with Crippen molar-refractivity contribution in [2.24, 2.45) is 5.41 Å². The maximum absolute atomic E-state index is 13.8. The second-order valence-electron chi connectivity index (χ2n) is 5.48. The van der Waals surface area contributed by atoms with Crippen molar-refractivity contribution in [1.29, 1.82) is 5.26 Å². The molecule has 0 spiro atoms. The minimum absolute atomic E-state index is 0.218. The van der Waals surface area contributed by atoms with Gasteiger partial charge in [-0.05, 0) is 42.9 Å². The first-order chi connectivity index (χ1) is 9.13. The van der Waals surface area contributed by atoms with Gasteiger partial charge in [0.15, 0.2) is 0 Å². The highest BCUT2D eigenvalue weighted by atomic mass is 19.1. The zero-order valence-corrected chi connectivity index (χ0v) is 10.7. The SMILES string of the molecule is N#CC1(C2(O)CCc3c(F)cccc32)CCCOC1. The molecule has 0 amide bonds. The first-order valence-electron chi connectivity index (χ1n) is 6.62. The van der Waals surface area contributed by atoms with Crippen LogP contribution in [0.15, 0.2) is 18.2 Å². The van der Waals surface area contributed by atoms with Crippen molar-refractivity contribution in [3.05, 3.63) is 35.1 Å². The number of benzene rings is 1. The molecule has 2 atom stereocenters. The highest BCUT2D eigenvalue weighted by Gasteiger charge is 2.56. The van der Waals surface area contributed by atoms with Gasteiger partial charge in [0.25, 0.3) is 0 Å². The molecule has 1 aliphatic carbocycles. The smallest absolute Gasteiger partial charge is 0.126 e. The molecule has 19 heavy (non-hydrogen) atoms. The Morgan fingerprint density at radius 3 is 2.89 bits per heavy atom. The Kier molecular flexibility index (Phi) is 2.84. The molecule has 0 bridgehead atoms. The highest BCUT2D eigenvalue weighted by molar-refractivity contribution is 5.42. The lowest BCUT2D eigenvalue weighted by atomic mass is 9.67. The van der Waals surface area contributed by atoms with Gasteiger partial charge in [-0.15, -0.1) is 0 Å². The van der Waals surface area contributed by atoms with E-state index in [9.17, 15) is 14.8 Å². The molecule has 0 radical (unpaired) electrons. The van der Waals surface area contributed by atoms with E-state index < -0.39 is 11.0 Å². The average molecular weight is 261 g/mol. The number of rotatable bonds is 1. The van der Waals surface area contributed by atoms with Gasteiger partial charge in [0.1, 0.15) is 16.8 Å². The van der Waals surface area contributed by atoms with E-state index in [1.54, 1.807) is 12.1 Å². The number of halogens is 1. The Morgan fingerprint density at radius 2 is 2.21 bits per heavy atom. The van der Waals surface area contributed by atoms with Gasteiger partial charge in [-0.3, -0.25) is 0 Å². The Balaban J connectivity index is 2.11. The summed E-state index contributed by atoms with van der Waals surface area (Å²) in [5.41, 5.74) is -1.13. The van der Waals surface area contributed by atoms with Crippen molar-refractivity contribution in [1.82, 2.24) is 0 Å². The lowest BCUT2D eigenvalue weighted by molar-refractivity contribution is -0.123. The third-order valence-electron chi connectivity index (χ3n) is 4.55. The van der Waals surface area contributed by atoms with Crippen molar-refractivity contribution in [2.45, 2.75) is 31.3 Å². The molecule has 0 aromatic heterocycles. The largest absolute Gasteiger partial charge is 0.383 e. The minimum atomic E-state index is -1.29. The van der Waals surface area contributed by atoms with Gasteiger partial charge in [0.2, 0.25) is 0 Å². The number of aliphatic hydroxyl groups is 1. The van der Waals surface area contributed by atoms with Crippen LogP contribution in [0.4, 0.5) is 4.39 Å². The van der Waals surface area contributed by atoms with Crippen LogP contribution in [0, 0.1) is 22.6 Å². The number of nitrogens with zero attached hydrogens (tertiary/aromatic N) is 1. The normalized spacial score (nSPS) is 33.7. The van der Waals surface area contributed by atoms with Gasteiger partial charge >= 0.3 is 0 Å². The van der Waals surface area contributed by atoms with E-state index in [1.165, 1.54) is 6.07 Å². The topological polar surface area (TPSA) is 53.2 Å². The highest BCUT2D eigenvalue weighted by Crippen LogP contribution is 2.52. The van der Waals surface area contributed by atoms with E-state index >= 15 is 0 Å². The summed E-state index contributed by atoms with van der Waals surface area (Å²) >= 11 is 0. The van der Waals surface area contributed by atoms with Gasteiger partial charge < -0.3 is 9.84 Å². The maximum atomic E-state index is 13.8. The Bertz CT molecular complexity index is 546. The molecule has 2 unspecified atom stereocenters. The van der Waals surface area contributed by atoms with Gasteiger partial charge in [-0.25, -0.2) is 4.39 Å². The summed E-state index contributed by atoms with van der Waals surface area (Å²) in [6, 6.07) is 7.00. The molecule has 1 aliphatic heterocycles. The average Bonchev–Trinajstić information content (AvgIpc) is 2.80. The van der Waals surface area contributed by atoms with Crippen LogP contribution >= 0.6 is 0 Å². The fourth-order valence-electron chi connectivity index (χ4n) is 3.44. The quantitative estimate of drug-likeness (QED) is 0.843. The summed E-state index contributed by atoms with van der Waals surface area (Å²) in [4.78, 5) is 0. The van der Waals surface area contributed by atoms with Crippen LogP contribution in [0.3, 0.4) is 0 Å². The molecular weight excluding hydrogens is 245 g/mol. The molecule has 1 saturated heterocycles. The third kappa shape index (κ3) is 1.62. The summed E-state index contributed by atoms with van der Waals surface area (Å²) in [5.74, 6) is -0.293. The second-order valence-corrected chi connectivity index (χ2v) is 5.48. The van der Waals surface area contributed by atoms with Gasteiger partial charge in [-0.1, -0.05) is 12.1 Å². The van der Waals surface area contributed by atoms with E-state index in [1.807, 2.05) is 0 Å². The molecule has 100 valence electrons. The number of hydrogen-bond acceptors (Lipinski definition) is 3. The first kappa shape index (κ1) is 12.6. The van der Waals surface area contributed by atoms with Crippen LogP contribution in [-0.2, 0) is 16.8 Å².